The average molecular weight is 605 g/mol. The van der Waals surface area contributed by atoms with Gasteiger partial charge in [-0.3, -0.25) is 9.80 Å². The van der Waals surface area contributed by atoms with Crippen molar-refractivity contribution in [2.24, 2.45) is 5.73 Å². The summed E-state index contributed by atoms with van der Waals surface area (Å²) >= 11 is 0. The first-order valence-electron chi connectivity index (χ1n) is 15.3. The van der Waals surface area contributed by atoms with E-state index in [-0.39, 0.29) is 24.0 Å². The van der Waals surface area contributed by atoms with Gasteiger partial charge in [0, 0.05) is 37.4 Å². The van der Waals surface area contributed by atoms with Crippen molar-refractivity contribution in [1.29, 1.82) is 0 Å². The van der Waals surface area contributed by atoms with Crippen LogP contribution in [-0.4, -0.2) is 60.8 Å². The molecule has 0 aromatic heterocycles. The van der Waals surface area contributed by atoms with Crippen molar-refractivity contribution in [2.45, 2.75) is 39.0 Å². The van der Waals surface area contributed by atoms with Crippen molar-refractivity contribution in [2.75, 3.05) is 32.8 Å². The molecule has 1 saturated heterocycles. The van der Waals surface area contributed by atoms with E-state index in [1.807, 2.05) is 25.1 Å². The summed E-state index contributed by atoms with van der Waals surface area (Å²) in [4.78, 5) is 31.8. The fourth-order valence-corrected chi connectivity index (χ4v) is 6.24. The number of esters is 2. The number of benzene rings is 3. The van der Waals surface area contributed by atoms with Crippen molar-refractivity contribution in [3.8, 4) is 12.3 Å². The van der Waals surface area contributed by atoms with Crippen LogP contribution in [0.4, 0.5) is 0 Å². The molecule has 3 aromatic carbocycles. The van der Waals surface area contributed by atoms with Crippen molar-refractivity contribution in [3.63, 3.8) is 0 Å². The second-order valence-corrected chi connectivity index (χ2v) is 11.2. The Morgan fingerprint density at radius 3 is 2.09 bits per heavy atom. The van der Waals surface area contributed by atoms with Crippen LogP contribution in [0.5, 0.6) is 0 Å². The van der Waals surface area contributed by atoms with Crippen LogP contribution in [0.2, 0.25) is 0 Å². The summed E-state index contributed by atoms with van der Waals surface area (Å²) in [5.41, 5.74) is 11.0. The fraction of sp³-hybridized carbons (Fsp3) is 0.297. The minimum absolute atomic E-state index is 0.131. The Labute approximate surface area is 265 Å². The second kappa shape index (κ2) is 14.3. The first kappa shape index (κ1) is 31.6. The normalized spacial score (nSPS) is 18.2. The number of allylic oxidation sites excluding steroid dienone is 1. The van der Waals surface area contributed by atoms with Gasteiger partial charge in [-0.05, 0) is 49.6 Å². The van der Waals surface area contributed by atoms with Crippen LogP contribution in [0.1, 0.15) is 55.0 Å². The maximum absolute atomic E-state index is 14.0. The molecular formula is C37H40N4O4. The van der Waals surface area contributed by atoms with E-state index in [1.165, 1.54) is 11.1 Å². The molecule has 3 aromatic rings. The van der Waals surface area contributed by atoms with Crippen LogP contribution in [-0.2, 0) is 19.1 Å². The Morgan fingerprint density at radius 2 is 1.51 bits per heavy atom. The lowest BCUT2D eigenvalue weighted by atomic mass is 9.81. The first-order valence-corrected chi connectivity index (χ1v) is 15.3. The highest BCUT2D eigenvalue weighted by Crippen LogP contribution is 2.39. The van der Waals surface area contributed by atoms with Crippen LogP contribution in [0.25, 0.3) is 0 Å². The summed E-state index contributed by atoms with van der Waals surface area (Å²) in [6.45, 7) is 8.55. The van der Waals surface area contributed by atoms with Gasteiger partial charge in [0.05, 0.1) is 29.7 Å². The lowest BCUT2D eigenvalue weighted by Gasteiger charge is -2.41. The predicted octanol–water partition coefficient (Wildman–Crippen LogP) is 4.66. The molecule has 1 fully saturated rings. The third-order valence-electron chi connectivity index (χ3n) is 8.43. The van der Waals surface area contributed by atoms with E-state index < -0.39 is 24.1 Å². The molecule has 8 nitrogen and oxygen atoms in total. The maximum atomic E-state index is 14.0. The number of dihydropyridines is 1. The van der Waals surface area contributed by atoms with Crippen LogP contribution in [0.15, 0.2) is 108 Å². The maximum Gasteiger partial charge on any atom is 0.338 e. The number of hydrogen-bond acceptors (Lipinski definition) is 8. The molecule has 0 bridgehead atoms. The predicted molar refractivity (Wildman–Crippen MR) is 174 cm³/mol. The number of nitrogens with zero attached hydrogens (tertiary/aromatic N) is 2. The van der Waals surface area contributed by atoms with E-state index in [2.05, 4.69) is 69.6 Å². The van der Waals surface area contributed by atoms with Crippen LogP contribution < -0.4 is 11.1 Å². The summed E-state index contributed by atoms with van der Waals surface area (Å²) < 4.78 is 11.5. The molecule has 2 heterocycles. The number of terminal acetylenes is 1. The summed E-state index contributed by atoms with van der Waals surface area (Å²) in [6.07, 6.45) is 5.18. The Balaban J connectivity index is 1.34. The monoisotopic (exact) mass is 604 g/mol. The third-order valence-corrected chi connectivity index (χ3v) is 8.43. The van der Waals surface area contributed by atoms with Gasteiger partial charge in [-0.15, -0.1) is 6.42 Å². The minimum Gasteiger partial charge on any atom is -0.463 e. The fourth-order valence-electron chi connectivity index (χ4n) is 6.24. The highest BCUT2D eigenvalue weighted by Gasteiger charge is 2.40. The van der Waals surface area contributed by atoms with Gasteiger partial charge < -0.3 is 20.5 Å². The Morgan fingerprint density at radius 1 is 0.911 bits per heavy atom. The summed E-state index contributed by atoms with van der Waals surface area (Å²) in [5, 5.41) is 3.00. The van der Waals surface area contributed by atoms with E-state index in [0.29, 0.717) is 22.4 Å². The zero-order valence-corrected chi connectivity index (χ0v) is 26.0. The first-order chi connectivity index (χ1) is 21.8. The summed E-state index contributed by atoms with van der Waals surface area (Å²) in [5.74, 6) is 0.809. The van der Waals surface area contributed by atoms with Gasteiger partial charge >= 0.3 is 11.9 Å². The smallest absolute Gasteiger partial charge is 0.338 e. The second-order valence-electron chi connectivity index (χ2n) is 11.2. The summed E-state index contributed by atoms with van der Waals surface area (Å²) in [6, 6.07) is 28.4. The molecule has 8 heteroatoms. The van der Waals surface area contributed by atoms with Gasteiger partial charge in [0.15, 0.2) is 6.23 Å². The average Bonchev–Trinajstić information content (AvgIpc) is 3.06. The zero-order chi connectivity index (χ0) is 31.9. The molecule has 0 radical (unpaired) electrons. The van der Waals surface area contributed by atoms with Crippen molar-refractivity contribution in [3.05, 3.63) is 130 Å². The molecule has 232 valence electrons. The molecule has 0 aliphatic carbocycles. The van der Waals surface area contributed by atoms with E-state index >= 15 is 0 Å². The molecule has 45 heavy (non-hydrogen) atoms. The standard InChI is InChI=1S/C37H40N4O4/c1-5-27-14-13-19-30(24-27)32-31(25(3)39-35(38)33(32)36(42)44-6-2)37(43)45-26(4)40-20-22-41(23-21-40)34(28-15-9-7-10-16-28)29-17-11-8-12-18-29/h1,7-19,24,26,32,34,39H,6,20-23,38H2,2-4H3. The number of ether oxygens (including phenoxy) is 2. The zero-order valence-electron chi connectivity index (χ0n) is 26.0. The Hall–Kier alpha value is -4.84. The van der Waals surface area contributed by atoms with E-state index in [4.69, 9.17) is 21.6 Å². The van der Waals surface area contributed by atoms with Crippen molar-refractivity contribution < 1.29 is 19.1 Å². The topological polar surface area (TPSA) is 97.1 Å². The number of hydrogen-bond donors (Lipinski definition) is 2. The molecular weight excluding hydrogens is 564 g/mol. The molecule has 2 aliphatic rings. The number of nitrogens with one attached hydrogen (secondary N) is 1. The largest absolute Gasteiger partial charge is 0.463 e. The molecule has 3 N–H and O–H groups in total. The molecule has 2 aliphatic heterocycles. The van der Waals surface area contributed by atoms with Crippen molar-refractivity contribution >= 4 is 11.9 Å². The lowest BCUT2D eigenvalue weighted by molar-refractivity contribution is -0.155. The van der Waals surface area contributed by atoms with Crippen molar-refractivity contribution in [1.82, 2.24) is 15.1 Å². The van der Waals surface area contributed by atoms with Gasteiger partial charge in [0.1, 0.15) is 5.82 Å². The molecule has 0 saturated carbocycles. The van der Waals surface area contributed by atoms with Crippen LogP contribution >= 0.6 is 0 Å². The molecule has 5 rings (SSSR count). The van der Waals surface area contributed by atoms with Gasteiger partial charge in [-0.2, -0.15) is 0 Å². The number of rotatable bonds is 9. The number of nitrogens with two attached hydrogens (primary N) is 1. The lowest BCUT2D eigenvalue weighted by Crippen LogP contribution is -2.51. The quantitative estimate of drug-likeness (QED) is 0.269. The third kappa shape index (κ3) is 6.96. The summed E-state index contributed by atoms with van der Waals surface area (Å²) in [7, 11) is 0. The van der Waals surface area contributed by atoms with Gasteiger partial charge in [-0.1, -0.05) is 78.7 Å². The molecule has 2 unspecified atom stereocenters. The SMILES string of the molecule is C#Cc1cccc(C2C(C(=O)OC(C)N3CCN(C(c4ccccc4)c4ccccc4)CC3)=C(C)NC(N)=C2C(=O)OCC)c1. The van der Waals surface area contributed by atoms with Gasteiger partial charge in [-0.25, -0.2) is 9.59 Å². The number of carbonyl (C=O) groups excluding carboxylic acids is 2. The molecule has 2 atom stereocenters. The van der Waals surface area contributed by atoms with Crippen LogP contribution in [0, 0.1) is 12.3 Å². The van der Waals surface area contributed by atoms with E-state index in [0.717, 1.165) is 26.2 Å². The Bertz CT molecular complexity index is 1580. The van der Waals surface area contributed by atoms with Crippen LogP contribution in [0.3, 0.4) is 0 Å². The van der Waals surface area contributed by atoms with E-state index in [9.17, 15) is 9.59 Å². The number of carbonyl (C=O) groups is 2. The Kier molecular flexibility index (Phi) is 10.0. The molecule has 0 spiro atoms. The van der Waals surface area contributed by atoms with Gasteiger partial charge in [0.2, 0.25) is 0 Å². The molecule has 0 amide bonds. The van der Waals surface area contributed by atoms with Gasteiger partial charge in [0.25, 0.3) is 0 Å². The highest BCUT2D eigenvalue weighted by atomic mass is 16.6. The minimum atomic E-state index is -0.812. The highest BCUT2D eigenvalue weighted by molar-refractivity contribution is 6.00. The van der Waals surface area contributed by atoms with E-state index in [1.54, 1.807) is 32.0 Å². The number of piperazine rings is 1.